The van der Waals surface area contributed by atoms with Crippen molar-refractivity contribution in [1.82, 2.24) is 20.0 Å². The highest BCUT2D eigenvalue weighted by Gasteiger charge is 2.51. The molecule has 13 nitrogen and oxygen atoms in total. The van der Waals surface area contributed by atoms with Crippen molar-refractivity contribution in [1.29, 1.82) is 0 Å². The third-order valence-electron chi connectivity index (χ3n) is 15.8. The van der Waals surface area contributed by atoms with Crippen molar-refractivity contribution in [2.75, 3.05) is 34.4 Å². The smallest absolute Gasteiger partial charge is 0.226 e. The Kier molecular flexibility index (Phi) is 20.1. The molecule has 4 fully saturated rings. The molecule has 1 saturated carbocycles. The summed E-state index contributed by atoms with van der Waals surface area (Å²) in [6, 6.07) is 8.48. The van der Waals surface area contributed by atoms with Gasteiger partial charge in [-0.3, -0.25) is 33.6 Å². The van der Waals surface area contributed by atoms with Crippen molar-refractivity contribution in [3.8, 4) is 0 Å². The fraction of sp³-hybridized carbons (Fsp3) is 0.755. The van der Waals surface area contributed by atoms with Gasteiger partial charge in [0.15, 0.2) is 11.6 Å². The van der Waals surface area contributed by atoms with Gasteiger partial charge in [-0.05, 0) is 81.6 Å². The SMILES string of the molecule is CC[C@H](C)[C@@H]([C@@H](CC(=O)N1CCC[C@H]1[C@H](OC)[C@@H](C)C(=O)C[C@@H](Cc1ccccc1)C(C)=O)OC)N(C)C(=O)[C@@H](CC(=O)[C@@H]1[C@H]2CC[C@H](C2)N1C(=O)CCCCCCC(=O)[C@@H]1CN1)C(C)C. The van der Waals surface area contributed by atoms with Gasteiger partial charge in [0.25, 0.3) is 0 Å². The number of benzene rings is 1. The summed E-state index contributed by atoms with van der Waals surface area (Å²) in [7, 11) is 4.91. The van der Waals surface area contributed by atoms with Crippen LogP contribution in [0.25, 0.3) is 0 Å². The minimum Gasteiger partial charge on any atom is -0.379 e. The molecule has 0 radical (unpaired) electrons. The number of Topliss-reactive ketones (excluding diaryl/α,β-unsaturated/α-hetero) is 4. The van der Waals surface area contributed by atoms with E-state index in [1.165, 1.54) is 6.92 Å². The lowest BCUT2D eigenvalue weighted by molar-refractivity contribution is -0.150. The van der Waals surface area contributed by atoms with Gasteiger partial charge in [-0.2, -0.15) is 0 Å². The number of carbonyl (C=O) groups is 7. The Labute approximate surface area is 395 Å². The zero-order valence-corrected chi connectivity index (χ0v) is 41.6. The lowest BCUT2D eigenvalue weighted by Gasteiger charge is -2.41. The number of hydrogen-bond donors (Lipinski definition) is 1. The fourth-order valence-corrected chi connectivity index (χ4v) is 11.5. The fourth-order valence-electron chi connectivity index (χ4n) is 11.5. The first kappa shape index (κ1) is 53.1. The van der Waals surface area contributed by atoms with Gasteiger partial charge in [0.2, 0.25) is 17.7 Å². The molecule has 4 aliphatic rings. The van der Waals surface area contributed by atoms with E-state index in [0.717, 1.165) is 69.9 Å². The van der Waals surface area contributed by atoms with E-state index in [1.54, 1.807) is 26.2 Å². The summed E-state index contributed by atoms with van der Waals surface area (Å²) in [5.74, 6) is -1.87. The van der Waals surface area contributed by atoms with Crippen molar-refractivity contribution >= 4 is 40.9 Å². The molecule has 368 valence electrons. The van der Waals surface area contributed by atoms with Crippen LogP contribution in [0.4, 0.5) is 0 Å². The van der Waals surface area contributed by atoms with Crippen LogP contribution in [-0.4, -0.2) is 132 Å². The number of fused-ring (bicyclic) bond motifs is 2. The van der Waals surface area contributed by atoms with Crippen LogP contribution in [0.15, 0.2) is 30.3 Å². The van der Waals surface area contributed by atoms with Crippen molar-refractivity contribution in [2.45, 2.75) is 187 Å². The van der Waals surface area contributed by atoms with Crippen LogP contribution >= 0.6 is 0 Å². The maximum Gasteiger partial charge on any atom is 0.226 e. The quantitative estimate of drug-likeness (QED) is 0.0666. The lowest BCUT2D eigenvalue weighted by Crippen LogP contribution is -2.54. The molecule has 1 aromatic carbocycles. The third kappa shape index (κ3) is 13.5. The molecule has 13 heteroatoms. The van der Waals surface area contributed by atoms with Crippen molar-refractivity contribution in [3.05, 3.63) is 35.9 Å². The van der Waals surface area contributed by atoms with Crippen LogP contribution in [0.2, 0.25) is 0 Å². The average Bonchev–Trinajstić information content (AvgIpc) is 3.67. The second-order valence-electron chi connectivity index (χ2n) is 20.6. The van der Waals surface area contributed by atoms with Gasteiger partial charge in [0, 0.05) is 83.8 Å². The Morgan fingerprint density at radius 1 is 0.833 bits per heavy atom. The van der Waals surface area contributed by atoms with E-state index in [1.807, 2.05) is 60.9 Å². The molecule has 0 spiro atoms. The molecule has 0 unspecified atom stereocenters. The number of ether oxygens (including phenoxy) is 2. The topological polar surface area (TPSA) is 170 Å². The van der Waals surface area contributed by atoms with E-state index in [-0.39, 0.29) is 96.0 Å². The third-order valence-corrected chi connectivity index (χ3v) is 15.8. The van der Waals surface area contributed by atoms with Gasteiger partial charge >= 0.3 is 0 Å². The minimum atomic E-state index is -0.644. The van der Waals surface area contributed by atoms with Crippen LogP contribution in [-0.2, 0) is 49.5 Å². The van der Waals surface area contributed by atoms with Gasteiger partial charge < -0.3 is 29.5 Å². The summed E-state index contributed by atoms with van der Waals surface area (Å²) in [6.45, 7) is 12.7. The van der Waals surface area contributed by atoms with Gasteiger partial charge in [-0.25, -0.2) is 0 Å². The molecule has 5 rings (SSSR count). The summed E-state index contributed by atoms with van der Waals surface area (Å²) in [6.07, 6.45) is 8.49. The van der Waals surface area contributed by atoms with Gasteiger partial charge in [-0.1, -0.05) is 84.2 Å². The van der Waals surface area contributed by atoms with Crippen LogP contribution in [0.1, 0.15) is 143 Å². The van der Waals surface area contributed by atoms with Crippen LogP contribution in [0.3, 0.4) is 0 Å². The largest absolute Gasteiger partial charge is 0.379 e. The molecule has 12 atom stereocenters. The molecule has 3 aliphatic heterocycles. The first-order chi connectivity index (χ1) is 31.5. The van der Waals surface area contributed by atoms with E-state index in [2.05, 4.69) is 19.2 Å². The van der Waals surface area contributed by atoms with Crippen molar-refractivity contribution in [3.63, 3.8) is 0 Å². The van der Waals surface area contributed by atoms with Crippen LogP contribution in [0, 0.1) is 35.5 Å². The number of nitrogens with one attached hydrogen (secondary N) is 1. The van der Waals surface area contributed by atoms with E-state index < -0.39 is 42.0 Å². The normalized spacial score (nSPS) is 24.4. The maximum atomic E-state index is 14.7. The number of piperidine rings is 1. The van der Waals surface area contributed by atoms with Gasteiger partial charge in [0.1, 0.15) is 11.6 Å². The Bertz CT molecular complexity index is 1820. The number of likely N-dealkylation sites (N-methyl/N-ethyl adjacent to an activating group) is 1. The number of carbonyl (C=O) groups excluding carboxylic acids is 7. The first-order valence-electron chi connectivity index (χ1n) is 25.3. The zero-order valence-electron chi connectivity index (χ0n) is 41.6. The van der Waals surface area contributed by atoms with E-state index in [0.29, 0.717) is 32.2 Å². The van der Waals surface area contributed by atoms with E-state index >= 15 is 0 Å². The zero-order chi connectivity index (χ0) is 48.2. The van der Waals surface area contributed by atoms with Crippen molar-refractivity contribution < 1.29 is 43.0 Å². The predicted molar refractivity (Wildman–Crippen MR) is 254 cm³/mol. The number of ketones is 4. The Morgan fingerprint density at radius 3 is 2.12 bits per heavy atom. The molecule has 3 heterocycles. The van der Waals surface area contributed by atoms with E-state index in [4.69, 9.17) is 9.47 Å². The Morgan fingerprint density at radius 2 is 1.52 bits per heavy atom. The number of nitrogens with zero attached hydrogens (tertiary/aromatic N) is 3. The molecule has 2 bridgehead atoms. The molecule has 1 N–H and O–H groups in total. The van der Waals surface area contributed by atoms with Gasteiger partial charge in [-0.15, -0.1) is 0 Å². The minimum absolute atomic E-state index is 0.0193. The monoisotopic (exact) mass is 919 g/mol. The Hall–Kier alpha value is -3.81. The number of amides is 3. The highest BCUT2D eigenvalue weighted by atomic mass is 16.5. The number of hydrogen-bond acceptors (Lipinski definition) is 10. The number of likely N-dealkylation sites (tertiary alicyclic amines) is 2. The summed E-state index contributed by atoms with van der Waals surface area (Å²) in [5, 5.41) is 3.06. The molecule has 0 aromatic heterocycles. The molecule has 1 aliphatic carbocycles. The molecular formula is C53H82N4O9. The molecule has 66 heavy (non-hydrogen) atoms. The maximum absolute atomic E-state index is 14.7. The van der Waals surface area contributed by atoms with Crippen molar-refractivity contribution in [2.24, 2.45) is 35.5 Å². The first-order valence-corrected chi connectivity index (χ1v) is 25.3. The highest BCUT2D eigenvalue weighted by Crippen LogP contribution is 2.44. The molecule has 3 amide bonds. The number of methoxy groups -OCH3 is 2. The summed E-state index contributed by atoms with van der Waals surface area (Å²) in [5.41, 5.74) is 1.00. The highest BCUT2D eigenvalue weighted by molar-refractivity contribution is 5.94. The average molecular weight is 919 g/mol. The summed E-state index contributed by atoms with van der Waals surface area (Å²) < 4.78 is 12.1. The van der Waals surface area contributed by atoms with Crippen LogP contribution in [0.5, 0.6) is 0 Å². The van der Waals surface area contributed by atoms with E-state index in [9.17, 15) is 33.6 Å². The summed E-state index contributed by atoms with van der Waals surface area (Å²) >= 11 is 0. The van der Waals surface area contributed by atoms with Crippen LogP contribution < -0.4 is 5.32 Å². The number of rotatable bonds is 29. The number of unbranched alkanes of at least 4 members (excludes halogenated alkanes) is 3. The second-order valence-corrected chi connectivity index (χ2v) is 20.6. The molecule has 3 saturated heterocycles. The molecular weight excluding hydrogens is 837 g/mol. The lowest BCUT2D eigenvalue weighted by atomic mass is 9.83. The molecule has 1 aromatic rings. The standard InChI is InChI=1S/C53H82N4O9/c1-10-34(4)50(47(65-8)31-49(63)56-26-18-21-43(56)52(66-9)35(5)45(60)29-39(36(6)58)27-37-19-14-13-15-20-37)55(7)53(64)41(33(2)3)30-46(61)51-38-24-25-40(28-38)57(51)48(62)23-17-12-11-16-22-44(59)42-32-54-42/h13-15,19-20,33-35,38-43,47,50-52,54H,10-12,16-18,21-32H2,1-9H3/t34-,35-,38-,39+,40+,41-,42-,43-,47+,50-,51-,52+/m0/s1. The summed E-state index contributed by atoms with van der Waals surface area (Å²) in [4.78, 5) is 101. The Balaban J connectivity index is 1.22. The second kappa shape index (κ2) is 25.0. The van der Waals surface area contributed by atoms with Gasteiger partial charge in [0.05, 0.1) is 42.8 Å². The predicted octanol–water partition coefficient (Wildman–Crippen LogP) is 6.81.